The summed E-state index contributed by atoms with van der Waals surface area (Å²) in [6.45, 7) is 1.90. The molecule has 0 atom stereocenters. The molecular formula is C23H18N6O. The van der Waals surface area contributed by atoms with Crippen molar-refractivity contribution in [2.45, 2.75) is 6.92 Å². The molecule has 30 heavy (non-hydrogen) atoms. The SMILES string of the molecule is Cc1ccc(NC(=O)c2ccnn2-c2ccc3ccc(-c4cccnc4)cn23)cn1. The van der Waals surface area contributed by atoms with E-state index in [0.29, 0.717) is 11.4 Å². The highest BCUT2D eigenvalue weighted by atomic mass is 16.2. The number of anilines is 1. The lowest BCUT2D eigenvalue weighted by Crippen LogP contribution is -2.18. The Labute approximate surface area is 172 Å². The van der Waals surface area contributed by atoms with Gasteiger partial charge in [-0.3, -0.25) is 14.8 Å². The van der Waals surface area contributed by atoms with E-state index in [0.717, 1.165) is 28.2 Å². The lowest BCUT2D eigenvalue weighted by Gasteiger charge is -2.10. The number of amides is 1. The molecule has 0 saturated carbocycles. The molecule has 0 radical (unpaired) electrons. The predicted octanol–water partition coefficient (Wildman–Crippen LogP) is 4.14. The van der Waals surface area contributed by atoms with Crippen molar-refractivity contribution >= 4 is 17.1 Å². The van der Waals surface area contributed by atoms with Gasteiger partial charge in [-0.05, 0) is 55.0 Å². The van der Waals surface area contributed by atoms with Gasteiger partial charge < -0.3 is 9.72 Å². The molecule has 1 amide bonds. The number of nitrogens with one attached hydrogen (secondary N) is 1. The normalized spacial score (nSPS) is 11.0. The number of rotatable bonds is 4. The Morgan fingerprint density at radius 1 is 0.933 bits per heavy atom. The molecule has 0 aliphatic rings. The number of aromatic nitrogens is 5. The Kier molecular flexibility index (Phi) is 4.33. The van der Waals surface area contributed by atoms with Crippen molar-refractivity contribution < 1.29 is 4.79 Å². The summed E-state index contributed by atoms with van der Waals surface area (Å²) in [5.74, 6) is 0.518. The van der Waals surface area contributed by atoms with Crippen LogP contribution in [0.3, 0.4) is 0 Å². The first-order valence-electron chi connectivity index (χ1n) is 9.49. The molecule has 5 heterocycles. The molecule has 146 valence electrons. The Hall–Kier alpha value is -4.26. The zero-order valence-electron chi connectivity index (χ0n) is 16.2. The number of carbonyl (C=O) groups excluding carboxylic acids is 1. The first-order valence-corrected chi connectivity index (χ1v) is 9.49. The maximum atomic E-state index is 12.9. The molecule has 0 bridgehead atoms. The van der Waals surface area contributed by atoms with E-state index in [2.05, 4.69) is 26.4 Å². The molecule has 0 spiro atoms. The minimum absolute atomic E-state index is 0.253. The van der Waals surface area contributed by atoms with Crippen LogP contribution in [0.4, 0.5) is 5.69 Å². The second kappa shape index (κ2) is 7.29. The van der Waals surface area contributed by atoms with Crippen molar-refractivity contribution in [1.82, 2.24) is 24.1 Å². The number of nitrogens with zero attached hydrogens (tertiary/aromatic N) is 5. The second-order valence-electron chi connectivity index (χ2n) is 6.92. The van der Waals surface area contributed by atoms with Crippen LogP contribution in [0.25, 0.3) is 22.5 Å². The van der Waals surface area contributed by atoms with Gasteiger partial charge in [-0.1, -0.05) is 12.1 Å². The van der Waals surface area contributed by atoms with Crippen molar-refractivity contribution in [3.05, 3.63) is 97.0 Å². The fourth-order valence-electron chi connectivity index (χ4n) is 3.36. The summed E-state index contributed by atoms with van der Waals surface area (Å²) in [6.07, 6.45) is 8.86. The van der Waals surface area contributed by atoms with Crippen molar-refractivity contribution in [3.63, 3.8) is 0 Å². The molecule has 5 aromatic rings. The minimum atomic E-state index is -0.253. The van der Waals surface area contributed by atoms with Gasteiger partial charge in [0.15, 0.2) is 0 Å². The molecule has 1 N–H and O–H groups in total. The average Bonchev–Trinajstić information content (AvgIpc) is 3.42. The molecule has 0 aliphatic heterocycles. The minimum Gasteiger partial charge on any atom is -0.319 e. The van der Waals surface area contributed by atoms with Gasteiger partial charge >= 0.3 is 0 Å². The Morgan fingerprint density at radius 2 is 1.83 bits per heavy atom. The molecule has 0 unspecified atom stereocenters. The molecule has 0 fully saturated rings. The van der Waals surface area contributed by atoms with Crippen molar-refractivity contribution in [2.75, 3.05) is 5.32 Å². The number of hydrogen-bond donors (Lipinski definition) is 1. The maximum absolute atomic E-state index is 12.9. The number of carbonyl (C=O) groups is 1. The van der Waals surface area contributed by atoms with Crippen LogP contribution in [0.2, 0.25) is 0 Å². The fraction of sp³-hybridized carbons (Fsp3) is 0.0435. The number of fused-ring (bicyclic) bond motifs is 1. The van der Waals surface area contributed by atoms with Gasteiger partial charge in [0.1, 0.15) is 11.5 Å². The first-order chi connectivity index (χ1) is 14.7. The third kappa shape index (κ3) is 3.22. The fourth-order valence-corrected chi connectivity index (χ4v) is 3.36. The summed E-state index contributed by atoms with van der Waals surface area (Å²) in [4.78, 5) is 21.3. The highest BCUT2D eigenvalue weighted by molar-refractivity contribution is 6.03. The van der Waals surface area contributed by atoms with E-state index in [1.165, 1.54) is 0 Å². The quantitative estimate of drug-likeness (QED) is 0.497. The second-order valence-corrected chi connectivity index (χ2v) is 6.92. The standard InChI is InChI=1S/C23H18N6O/c1-16-4-6-19(14-25-16)27-23(30)21-10-12-26-29(21)22-9-8-20-7-5-18(15-28(20)22)17-3-2-11-24-13-17/h2-15H,1H3,(H,27,30). The Balaban J connectivity index is 1.53. The van der Waals surface area contributed by atoms with E-state index in [9.17, 15) is 4.79 Å². The van der Waals surface area contributed by atoms with Gasteiger partial charge in [-0.25, -0.2) is 4.68 Å². The van der Waals surface area contributed by atoms with Gasteiger partial charge in [0.25, 0.3) is 5.91 Å². The molecule has 7 heteroatoms. The summed E-state index contributed by atoms with van der Waals surface area (Å²) >= 11 is 0. The van der Waals surface area contributed by atoms with Crippen molar-refractivity contribution in [2.24, 2.45) is 0 Å². The predicted molar refractivity (Wildman–Crippen MR) is 115 cm³/mol. The summed E-state index contributed by atoms with van der Waals surface area (Å²) < 4.78 is 3.65. The van der Waals surface area contributed by atoms with Gasteiger partial charge in [-0.2, -0.15) is 5.10 Å². The van der Waals surface area contributed by atoms with E-state index < -0.39 is 0 Å². The van der Waals surface area contributed by atoms with Crippen LogP contribution < -0.4 is 5.32 Å². The first kappa shape index (κ1) is 17.8. The Morgan fingerprint density at radius 3 is 2.63 bits per heavy atom. The highest BCUT2D eigenvalue weighted by Gasteiger charge is 2.16. The van der Waals surface area contributed by atoms with Gasteiger partial charge in [-0.15, -0.1) is 0 Å². The molecule has 5 aromatic heterocycles. The molecule has 0 saturated heterocycles. The van der Waals surface area contributed by atoms with E-state index in [1.807, 2.05) is 66.2 Å². The summed E-state index contributed by atoms with van der Waals surface area (Å²) in [5.41, 5.74) is 5.00. The average molecular weight is 394 g/mol. The van der Waals surface area contributed by atoms with Crippen LogP contribution in [-0.2, 0) is 0 Å². The zero-order valence-corrected chi connectivity index (χ0v) is 16.2. The van der Waals surface area contributed by atoms with Crippen LogP contribution in [0.15, 0.2) is 85.6 Å². The third-order valence-corrected chi connectivity index (χ3v) is 4.89. The van der Waals surface area contributed by atoms with E-state index in [1.54, 1.807) is 29.3 Å². The van der Waals surface area contributed by atoms with Crippen LogP contribution >= 0.6 is 0 Å². The smallest absolute Gasteiger partial charge is 0.274 e. The molecular weight excluding hydrogens is 376 g/mol. The maximum Gasteiger partial charge on any atom is 0.274 e. The molecule has 5 rings (SSSR count). The van der Waals surface area contributed by atoms with Gasteiger partial charge in [0.2, 0.25) is 0 Å². The third-order valence-electron chi connectivity index (χ3n) is 4.89. The molecule has 7 nitrogen and oxygen atoms in total. The number of hydrogen-bond acceptors (Lipinski definition) is 4. The number of aryl methyl sites for hydroxylation is 1. The lowest BCUT2D eigenvalue weighted by molar-refractivity contribution is 0.101. The summed E-state index contributed by atoms with van der Waals surface area (Å²) in [7, 11) is 0. The van der Waals surface area contributed by atoms with E-state index >= 15 is 0 Å². The number of pyridine rings is 3. The van der Waals surface area contributed by atoms with E-state index in [-0.39, 0.29) is 5.91 Å². The van der Waals surface area contributed by atoms with Crippen LogP contribution in [-0.4, -0.2) is 30.1 Å². The zero-order chi connectivity index (χ0) is 20.5. The van der Waals surface area contributed by atoms with Crippen LogP contribution in [0.5, 0.6) is 0 Å². The van der Waals surface area contributed by atoms with Gasteiger partial charge in [0.05, 0.1) is 18.1 Å². The lowest BCUT2D eigenvalue weighted by atomic mass is 10.1. The van der Waals surface area contributed by atoms with Gasteiger partial charge in [0, 0.05) is 35.4 Å². The monoisotopic (exact) mass is 394 g/mol. The van der Waals surface area contributed by atoms with Crippen molar-refractivity contribution in [3.8, 4) is 16.9 Å². The van der Waals surface area contributed by atoms with Crippen LogP contribution in [0.1, 0.15) is 16.2 Å². The molecule has 0 aliphatic carbocycles. The Bertz CT molecular complexity index is 1340. The largest absolute Gasteiger partial charge is 0.319 e. The highest BCUT2D eigenvalue weighted by Crippen LogP contribution is 2.23. The summed E-state index contributed by atoms with van der Waals surface area (Å²) in [6, 6.07) is 17.3. The van der Waals surface area contributed by atoms with Crippen LogP contribution in [0, 0.1) is 6.92 Å². The summed E-state index contributed by atoms with van der Waals surface area (Å²) in [5, 5.41) is 7.27. The van der Waals surface area contributed by atoms with Crippen molar-refractivity contribution in [1.29, 1.82) is 0 Å². The van der Waals surface area contributed by atoms with E-state index in [4.69, 9.17) is 0 Å². The molecule has 0 aromatic carbocycles. The topological polar surface area (TPSA) is 77.1 Å².